The minimum Gasteiger partial charge on any atom is -0.344 e. The third-order valence-corrected chi connectivity index (χ3v) is 8.94. The van der Waals surface area contributed by atoms with Crippen LogP contribution in [0.25, 0.3) is 11.0 Å². The molecule has 1 aromatic carbocycles. The molecule has 0 aliphatic carbocycles. The molecule has 2 atom stereocenters. The number of nitrogens with zero attached hydrogens (tertiary/aromatic N) is 4. The molecule has 1 unspecified atom stereocenters. The van der Waals surface area contributed by atoms with Crippen LogP contribution in [0.3, 0.4) is 0 Å². The zero-order valence-corrected chi connectivity index (χ0v) is 22.1. The largest absolute Gasteiger partial charge is 0.344 e. The van der Waals surface area contributed by atoms with E-state index in [9.17, 15) is 22.8 Å². The minimum absolute atomic E-state index is 0.0701. The molecule has 2 N–H and O–H groups in total. The topological polar surface area (TPSA) is 151 Å². The van der Waals surface area contributed by atoms with Crippen molar-refractivity contribution in [3.8, 4) is 0 Å². The monoisotopic (exact) mass is 544 g/mol. The van der Waals surface area contributed by atoms with Gasteiger partial charge in [-0.1, -0.05) is 26.0 Å². The first kappa shape index (κ1) is 26.8. The number of nitrogens with one attached hydrogen (secondary N) is 2. The summed E-state index contributed by atoms with van der Waals surface area (Å²) in [5.41, 5.74) is 1.28. The van der Waals surface area contributed by atoms with Crippen molar-refractivity contribution in [2.75, 3.05) is 13.1 Å². The predicted molar refractivity (Wildman–Crippen MR) is 137 cm³/mol. The molecule has 4 rings (SSSR count). The Kier molecular flexibility index (Phi) is 8.25. The number of amides is 2. The Hall–Kier alpha value is -3.29. The molecule has 2 amide bonds. The molecular weight excluding hydrogens is 516 g/mol. The summed E-state index contributed by atoms with van der Waals surface area (Å²) in [5.74, 6) is -1.40. The molecule has 0 bridgehead atoms. The van der Waals surface area contributed by atoms with Crippen molar-refractivity contribution in [3.05, 3.63) is 47.7 Å². The van der Waals surface area contributed by atoms with Gasteiger partial charge in [-0.2, -0.15) is 4.31 Å². The van der Waals surface area contributed by atoms with Crippen molar-refractivity contribution in [2.45, 2.75) is 49.5 Å². The minimum atomic E-state index is -3.88. The van der Waals surface area contributed by atoms with Gasteiger partial charge in [-0.05, 0) is 37.3 Å². The Balaban J connectivity index is 1.44. The van der Waals surface area contributed by atoms with Crippen LogP contribution in [-0.4, -0.2) is 70.4 Å². The zero-order chi connectivity index (χ0) is 26.6. The van der Waals surface area contributed by atoms with E-state index in [1.165, 1.54) is 12.4 Å². The van der Waals surface area contributed by atoms with Gasteiger partial charge in [-0.25, -0.2) is 18.4 Å². The molecule has 1 saturated heterocycles. The van der Waals surface area contributed by atoms with E-state index in [1.54, 1.807) is 23.6 Å². The summed E-state index contributed by atoms with van der Waals surface area (Å²) in [6.07, 6.45) is 3.76. The number of fused-ring (bicyclic) bond motifs is 1. The molecule has 0 radical (unpaired) electrons. The maximum Gasteiger partial charge on any atom is 0.272 e. The lowest BCUT2D eigenvalue weighted by molar-refractivity contribution is -0.129. The number of para-hydroxylation sites is 2. The molecule has 3 aromatic rings. The second-order valence-electron chi connectivity index (χ2n) is 9.21. The average molecular weight is 545 g/mol. The number of carbonyl (C=O) groups excluding carboxylic acids is 3. The van der Waals surface area contributed by atoms with Crippen LogP contribution in [0.15, 0.2) is 46.4 Å². The molecule has 0 saturated carbocycles. The van der Waals surface area contributed by atoms with Crippen LogP contribution in [0, 0.1) is 5.92 Å². The summed E-state index contributed by atoms with van der Waals surface area (Å²) < 4.78 is 26.7. The smallest absolute Gasteiger partial charge is 0.272 e. The highest BCUT2D eigenvalue weighted by atomic mass is 32.2. The van der Waals surface area contributed by atoms with Crippen molar-refractivity contribution in [2.24, 2.45) is 5.92 Å². The average Bonchev–Trinajstić information content (AvgIpc) is 3.36. The highest BCUT2D eigenvalue weighted by Gasteiger charge is 2.35. The quantitative estimate of drug-likeness (QED) is 0.435. The first-order chi connectivity index (χ1) is 17.6. The number of rotatable bonds is 8. The van der Waals surface area contributed by atoms with Crippen molar-refractivity contribution in [3.63, 3.8) is 0 Å². The molecule has 0 spiro atoms. The Labute approximate surface area is 218 Å². The van der Waals surface area contributed by atoms with Gasteiger partial charge in [0.05, 0.1) is 29.8 Å². The second-order valence-corrected chi connectivity index (χ2v) is 12.2. The van der Waals surface area contributed by atoms with Crippen LogP contribution in [0.2, 0.25) is 0 Å². The van der Waals surface area contributed by atoms with E-state index in [0.717, 1.165) is 15.6 Å². The van der Waals surface area contributed by atoms with Crippen LogP contribution in [0.1, 0.15) is 43.6 Å². The summed E-state index contributed by atoms with van der Waals surface area (Å²) in [5, 5.41) is 7.01. The first-order valence-corrected chi connectivity index (χ1v) is 14.2. The van der Waals surface area contributed by atoms with Gasteiger partial charge in [0.25, 0.3) is 15.9 Å². The van der Waals surface area contributed by atoms with Crippen molar-refractivity contribution < 1.29 is 22.8 Å². The fraction of sp³-hybridized carbons (Fsp3) is 0.417. The van der Waals surface area contributed by atoms with Crippen LogP contribution in [0.4, 0.5) is 0 Å². The summed E-state index contributed by atoms with van der Waals surface area (Å²) in [7, 11) is -3.88. The molecular formula is C24H28N6O5S2. The van der Waals surface area contributed by atoms with Crippen LogP contribution < -0.4 is 10.6 Å². The van der Waals surface area contributed by atoms with Gasteiger partial charge in [-0.15, -0.1) is 11.3 Å². The van der Waals surface area contributed by atoms with Gasteiger partial charge >= 0.3 is 0 Å². The lowest BCUT2D eigenvalue weighted by atomic mass is 10.0. The Morgan fingerprint density at radius 3 is 2.65 bits per heavy atom. The first-order valence-electron chi connectivity index (χ1n) is 11.9. The number of hydrogen-bond donors (Lipinski definition) is 2. The number of aromatic nitrogens is 3. The zero-order valence-electron chi connectivity index (χ0n) is 20.5. The Bertz CT molecular complexity index is 1390. The Morgan fingerprint density at radius 2 is 1.95 bits per heavy atom. The lowest BCUT2D eigenvalue weighted by Gasteiger charge is -2.23. The summed E-state index contributed by atoms with van der Waals surface area (Å²) in [4.78, 5) is 51.5. The van der Waals surface area contributed by atoms with Gasteiger partial charge < -0.3 is 10.6 Å². The highest BCUT2D eigenvalue weighted by molar-refractivity contribution is 7.91. The third kappa shape index (κ3) is 6.35. The number of sulfonamides is 1. The van der Waals surface area contributed by atoms with E-state index in [0.29, 0.717) is 23.9 Å². The summed E-state index contributed by atoms with van der Waals surface area (Å²) >= 11 is 0.985. The molecule has 1 aliphatic heterocycles. The van der Waals surface area contributed by atoms with Gasteiger partial charge in [0.1, 0.15) is 11.7 Å². The number of Topliss-reactive ketones (excluding diaryl/α,β-unsaturated/α-hetero) is 1. The number of carbonyl (C=O) groups is 3. The molecule has 3 heterocycles. The Morgan fingerprint density at radius 1 is 1.19 bits per heavy atom. The van der Waals surface area contributed by atoms with E-state index in [-0.39, 0.29) is 35.5 Å². The summed E-state index contributed by atoms with van der Waals surface area (Å²) in [6, 6.07) is 5.37. The van der Waals surface area contributed by atoms with Gasteiger partial charge in [0.15, 0.2) is 5.78 Å². The SMILES string of the molecule is CC(C)CC(NC(=O)c1cnc2ccccc2n1)C(=O)N[C@H]1CCCN(S(=O)(=O)c2nccs2)CC1=O. The molecule has 1 aliphatic rings. The normalized spacial score (nSPS) is 17.9. The van der Waals surface area contributed by atoms with E-state index in [2.05, 4.69) is 25.6 Å². The van der Waals surface area contributed by atoms with E-state index >= 15 is 0 Å². The molecule has 13 heteroatoms. The summed E-state index contributed by atoms with van der Waals surface area (Å²) in [6.45, 7) is 3.62. The lowest BCUT2D eigenvalue weighted by Crippen LogP contribution is -2.52. The maximum atomic E-state index is 13.2. The molecule has 2 aromatic heterocycles. The van der Waals surface area contributed by atoms with Crippen LogP contribution >= 0.6 is 11.3 Å². The van der Waals surface area contributed by atoms with E-state index in [1.807, 2.05) is 19.9 Å². The number of thiazole rings is 1. The molecule has 11 nitrogen and oxygen atoms in total. The number of ketones is 1. The van der Waals surface area contributed by atoms with Crippen molar-refractivity contribution >= 4 is 50.0 Å². The standard InChI is InChI=1S/C24H28N6O5S2/c1-15(2)12-19(29-23(33)20-13-26-16-6-3-4-7-17(16)27-20)22(32)28-18-8-5-10-30(14-21(18)31)37(34,35)24-25-9-11-36-24/h3-4,6-7,9,11,13,15,18-19H,5,8,10,12,14H2,1-2H3,(H,28,32)(H,29,33)/t18-,19?/m0/s1. The number of hydrogen-bond acceptors (Lipinski definition) is 9. The van der Waals surface area contributed by atoms with E-state index < -0.39 is 39.7 Å². The molecule has 196 valence electrons. The number of benzene rings is 1. The van der Waals surface area contributed by atoms with Gasteiger partial charge in [0.2, 0.25) is 10.2 Å². The maximum absolute atomic E-state index is 13.2. The van der Waals surface area contributed by atoms with Crippen molar-refractivity contribution in [1.82, 2.24) is 29.9 Å². The fourth-order valence-corrected chi connectivity index (χ4v) is 6.49. The predicted octanol–water partition coefficient (Wildman–Crippen LogP) is 1.77. The van der Waals surface area contributed by atoms with E-state index in [4.69, 9.17) is 0 Å². The van der Waals surface area contributed by atoms with Crippen molar-refractivity contribution in [1.29, 1.82) is 0 Å². The van der Waals surface area contributed by atoms with Crippen LogP contribution in [0.5, 0.6) is 0 Å². The third-order valence-electron chi connectivity index (χ3n) is 5.92. The van der Waals surface area contributed by atoms with Gasteiger partial charge in [-0.3, -0.25) is 19.4 Å². The molecule has 1 fully saturated rings. The molecule has 37 heavy (non-hydrogen) atoms. The van der Waals surface area contributed by atoms with Crippen LogP contribution in [-0.2, 0) is 19.6 Å². The van der Waals surface area contributed by atoms with Gasteiger partial charge in [0, 0.05) is 18.1 Å². The second kappa shape index (κ2) is 11.4. The fourth-order valence-electron chi connectivity index (χ4n) is 4.08. The highest BCUT2D eigenvalue weighted by Crippen LogP contribution is 2.21.